The first-order valence-electron chi connectivity index (χ1n) is 5.09. The summed E-state index contributed by atoms with van der Waals surface area (Å²) in [6.07, 6.45) is 1.73. The maximum absolute atomic E-state index is 11.1. The highest BCUT2D eigenvalue weighted by atomic mass is 16.1. The number of amides is 1. The fraction of sp³-hybridized carbons (Fsp3) is 0.636. The van der Waals surface area contributed by atoms with Crippen LogP contribution in [0.4, 0.5) is 0 Å². The van der Waals surface area contributed by atoms with Gasteiger partial charge < -0.3 is 5.73 Å². The second-order valence-corrected chi connectivity index (χ2v) is 5.01. The summed E-state index contributed by atoms with van der Waals surface area (Å²) < 4.78 is 1.81. The molecule has 1 aromatic heterocycles. The van der Waals surface area contributed by atoms with Gasteiger partial charge in [-0.1, -0.05) is 20.8 Å². The Hall–Kier alpha value is -1.32. The van der Waals surface area contributed by atoms with Gasteiger partial charge in [0.15, 0.2) is 0 Å². The zero-order valence-corrected chi connectivity index (χ0v) is 10.0. The number of hydrogen-bond donors (Lipinski definition) is 1. The van der Waals surface area contributed by atoms with Crippen molar-refractivity contribution in [1.82, 2.24) is 9.78 Å². The third kappa shape index (κ3) is 2.37. The standard InChI is InChI=1S/C11H19N3O/c1-7-9(10(12)15)6-14(13-7)8(2)11(3,4)5/h6,8H,1-5H3,(H2,12,15). The molecule has 0 bridgehead atoms. The molecule has 84 valence electrons. The lowest BCUT2D eigenvalue weighted by molar-refractivity contribution is 0.0999. The van der Waals surface area contributed by atoms with Crippen molar-refractivity contribution in [3.8, 4) is 0 Å². The van der Waals surface area contributed by atoms with E-state index in [-0.39, 0.29) is 11.5 Å². The normalized spacial score (nSPS) is 13.9. The third-order valence-electron chi connectivity index (χ3n) is 2.83. The monoisotopic (exact) mass is 209 g/mol. The van der Waals surface area contributed by atoms with Crippen molar-refractivity contribution < 1.29 is 4.79 Å². The second kappa shape index (κ2) is 3.68. The molecule has 0 aliphatic heterocycles. The largest absolute Gasteiger partial charge is 0.365 e. The molecule has 1 amide bonds. The summed E-state index contributed by atoms with van der Waals surface area (Å²) in [7, 11) is 0. The fourth-order valence-corrected chi connectivity index (χ4v) is 1.32. The van der Waals surface area contributed by atoms with E-state index in [1.54, 1.807) is 13.1 Å². The van der Waals surface area contributed by atoms with Crippen LogP contribution >= 0.6 is 0 Å². The van der Waals surface area contributed by atoms with Crippen LogP contribution < -0.4 is 5.73 Å². The van der Waals surface area contributed by atoms with Gasteiger partial charge in [-0.3, -0.25) is 9.48 Å². The van der Waals surface area contributed by atoms with Crippen molar-refractivity contribution in [1.29, 1.82) is 0 Å². The molecule has 0 aromatic carbocycles. The quantitative estimate of drug-likeness (QED) is 0.808. The van der Waals surface area contributed by atoms with Crippen molar-refractivity contribution in [2.45, 2.75) is 40.7 Å². The number of rotatable bonds is 2. The molecule has 1 atom stereocenters. The van der Waals surface area contributed by atoms with Gasteiger partial charge in [0.2, 0.25) is 0 Å². The summed E-state index contributed by atoms with van der Waals surface area (Å²) in [6.45, 7) is 10.3. The zero-order valence-electron chi connectivity index (χ0n) is 10.0. The van der Waals surface area contributed by atoms with Gasteiger partial charge >= 0.3 is 0 Å². The molecular weight excluding hydrogens is 190 g/mol. The van der Waals surface area contributed by atoms with Crippen LogP contribution in [0.25, 0.3) is 0 Å². The molecule has 0 aliphatic rings. The van der Waals surface area contributed by atoms with Gasteiger partial charge in [-0.05, 0) is 19.3 Å². The Balaban J connectivity index is 3.08. The summed E-state index contributed by atoms with van der Waals surface area (Å²) in [4.78, 5) is 11.1. The molecule has 0 spiro atoms. The van der Waals surface area contributed by atoms with Gasteiger partial charge in [0.05, 0.1) is 17.3 Å². The number of aromatic nitrogens is 2. The fourth-order valence-electron chi connectivity index (χ4n) is 1.32. The Labute approximate surface area is 90.5 Å². The van der Waals surface area contributed by atoms with Gasteiger partial charge in [-0.25, -0.2) is 0 Å². The van der Waals surface area contributed by atoms with E-state index >= 15 is 0 Å². The predicted molar refractivity (Wildman–Crippen MR) is 59.6 cm³/mol. The molecule has 4 nitrogen and oxygen atoms in total. The molecule has 15 heavy (non-hydrogen) atoms. The highest BCUT2D eigenvalue weighted by molar-refractivity contribution is 5.93. The molecule has 2 N–H and O–H groups in total. The van der Waals surface area contributed by atoms with Gasteiger partial charge in [0.25, 0.3) is 5.91 Å². The molecule has 1 heterocycles. The average molecular weight is 209 g/mol. The van der Waals surface area contributed by atoms with Gasteiger partial charge in [-0.15, -0.1) is 0 Å². The summed E-state index contributed by atoms with van der Waals surface area (Å²) in [5.41, 5.74) is 6.55. The summed E-state index contributed by atoms with van der Waals surface area (Å²) in [5.74, 6) is -0.417. The van der Waals surface area contributed by atoms with Crippen molar-refractivity contribution in [3.63, 3.8) is 0 Å². The van der Waals surface area contributed by atoms with Crippen LogP contribution in [-0.4, -0.2) is 15.7 Å². The van der Waals surface area contributed by atoms with E-state index in [1.165, 1.54) is 0 Å². The van der Waals surface area contributed by atoms with Gasteiger partial charge in [0.1, 0.15) is 0 Å². The van der Waals surface area contributed by atoms with Crippen molar-refractivity contribution >= 4 is 5.91 Å². The Morgan fingerprint density at radius 3 is 2.40 bits per heavy atom. The molecule has 0 saturated carbocycles. The zero-order chi connectivity index (χ0) is 11.8. The number of carbonyl (C=O) groups is 1. The minimum atomic E-state index is -0.417. The van der Waals surface area contributed by atoms with E-state index in [9.17, 15) is 4.79 Å². The van der Waals surface area contributed by atoms with E-state index < -0.39 is 5.91 Å². The van der Waals surface area contributed by atoms with E-state index in [2.05, 4.69) is 32.8 Å². The van der Waals surface area contributed by atoms with Gasteiger partial charge in [0, 0.05) is 6.20 Å². The first kappa shape index (κ1) is 11.8. The SMILES string of the molecule is Cc1nn(C(C)C(C)(C)C)cc1C(N)=O. The summed E-state index contributed by atoms with van der Waals surface area (Å²) in [5, 5.41) is 4.31. The third-order valence-corrected chi connectivity index (χ3v) is 2.83. The number of nitrogens with zero attached hydrogens (tertiary/aromatic N) is 2. The first-order valence-corrected chi connectivity index (χ1v) is 5.09. The Morgan fingerprint density at radius 1 is 1.53 bits per heavy atom. The van der Waals surface area contributed by atoms with E-state index in [0.29, 0.717) is 11.3 Å². The van der Waals surface area contributed by atoms with Crippen LogP contribution in [0.3, 0.4) is 0 Å². The average Bonchev–Trinajstić information content (AvgIpc) is 2.44. The number of hydrogen-bond acceptors (Lipinski definition) is 2. The highest BCUT2D eigenvalue weighted by Crippen LogP contribution is 2.29. The maximum Gasteiger partial charge on any atom is 0.252 e. The molecule has 1 unspecified atom stereocenters. The topological polar surface area (TPSA) is 60.9 Å². The van der Waals surface area contributed by atoms with Crippen molar-refractivity contribution in [2.24, 2.45) is 11.1 Å². The van der Waals surface area contributed by atoms with Crippen molar-refractivity contribution in [3.05, 3.63) is 17.5 Å². The minimum absolute atomic E-state index is 0.105. The van der Waals surface area contributed by atoms with Crippen LogP contribution in [0.2, 0.25) is 0 Å². The molecular formula is C11H19N3O. The number of nitrogens with two attached hydrogens (primary N) is 1. The molecule has 0 radical (unpaired) electrons. The number of aryl methyl sites for hydroxylation is 1. The van der Waals surface area contributed by atoms with Crippen molar-refractivity contribution in [2.75, 3.05) is 0 Å². The van der Waals surface area contributed by atoms with E-state index in [4.69, 9.17) is 5.73 Å². The summed E-state index contributed by atoms with van der Waals surface area (Å²) >= 11 is 0. The van der Waals surface area contributed by atoms with Crippen LogP contribution in [0.15, 0.2) is 6.20 Å². The highest BCUT2D eigenvalue weighted by Gasteiger charge is 2.23. The smallest absolute Gasteiger partial charge is 0.252 e. The molecule has 0 fully saturated rings. The first-order chi connectivity index (χ1) is 6.73. The lowest BCUT2D eigenvalue weighted by Gasteiger charge is -2.27. The maximum atomic E-state index is 11.1. The molecule has 0 saturated heterocycles. The van der Waals surface area contributed by atoms with Gasteiger partial charge in [-0.2, -0.15) is 5.10 Å². The molecule has 4 heteroatoms. The van der Waals surface area contributed by atoms with E-state index in [0.717, 1.165) is 0 Å². The van der Waals surface area contributed by atoms with Crippen LogP contribution in [-0.2, 0) is 0 Å². The molecule has 1 rings (SSSR count). The van der Waals surface area contributed by atoms with E-state index in [1.807, 2.05) is 4.68 Å². The Kier molecular flexibility index (Phi) is 2.88. The minimum Gasteiger partial charge on any atom is -0.365 e. The predicted octanol–water partition coefficient (Wildman–Crippen LogP) is 1.90. The van der Waals surface area contributed by atoms with Crippen LogP contribution in [0.1, 0.15) is 49.8 Å². The van der Waals surface area contributed by atoms with Crippen LogP contribution in [0.5, 0.6) is 0 Å². The Bertz CT molecular complexity index is 374. The van der Waals surface area contributed by atoms with Crippen LogP contribution in [0, 0.1) is 12.3 Å². The lowest BCUT2D eigenvalue weighted by Crippen LogP contribution is -2.22. The summed E-state index contributed by atoms with van der Waals surface area (Å²) in [6, 6.07) is 0.226. The second-order valence-electron chi connectivity index (χ2n) is 5.01. The number of primary amides is 1. The molecule has 0 aliphatic carbocycles. The number of carbonyl (C=O) groups excluding carboxylic acids is 1. The lowest BCUT2D eigenvalue weighted by atomic mass is 9.88. The molecule has 1 aromatic rings. The Morgan fingerprint density at radius 2 is 2.07 bits per heavy atom.